The van der Waals surface area contributed by atoms with Crippen LogP contribution < -0.4 is 0 Å². The first-order valence-corrected chi connectivity index (χ1v) is 10.3. The van der Waals surface area contributed by atoms with Gasteiger partial charge in [0.05, 0.1) is 18.2 Å². The van der Waals surface area contributed by atoms with Gasteiger partial charge < -0.3 is 14.6 Å². The summed E-state index contributed by atoms with van der Waals surface area (Å²) >= 11 is 0. The van der Waals surface area contributed by atoms with E-state index in [2.05, 4.69) is 11.1 Å². The molecule has 1 amide bonds. The molecule has 0 saturated heterocycles. The van der Waals surface area contributed by atoms with Crippen molar-refractivity contribution in [2.75, 3.05) is 13.2 Å². The van der Waals surface area contributed by atoms with Crippen LogP contribution in [0.4, 0.5) is 0 Å². The molecule has 1 aliphatic rings. The summed E-state index contributed by atoms with van der Waals surface area (Å²) in [5.74, 6) is -0.0306. The third-order valence-electron chi connectivity index (χ3n) is 5.71. The van der Waals surface area contributed by atoms with Gasteiger partial charge in [0, 0.05) is 29.6 Å². The Morgan fingerprint density at radius 3 is 2.52 bits per heavy atom. The molecule has 5 nitrogen and oxygen atoms in total. The quantitative estimate of drug-likeness (QED) is 0.530. The summed E-state index contributed by atoms with van der Waals surface area (Å²) in [6.07, 6.45) is -0.387. The van der Waals surface area contributed by atoms with Crippen LogP contribution in [0.15, 0.2) is 78.9 Å². The van der Waals surface area contributed by atoms with Crippen molar-refractivity contribution < 1.29 is 9.53 Å². The summed E-state index contributed by atoms with van der Waals surface area (Å²) in [6, 6.07) is 27.4. The van der Waals surface area contributed by atoms with Gasteiger partial charge in [0.1, 0.15) is 11.8 Å². The van der Waals surface area contributed by atoms with E-state index in [1.807, 2.05) is 71.6 Å². The van der Waals surface area contributed by atoms with E-state index in [9.17, 15) is 4.79 Å². The Hall–Kier alpha value is -3.88. The number of nitrogens with one attached hydrogen (secondary N) is 1. The molecule has 2 heterocycles. The van der Waals surface area contributed by atoms with E-state index in [-0.39, 0.29) is 12.0 Å². The van der Waals surface area contributed by atoms with Gasteiger partial charge in [0.15, 0.2) is 0 Å². The van der Waals surface area contributed by atoms with Crippen LogP contribution >= 0.6 is 0 Å². The van der Waals surface area contributed by atoms with Gasteiger partial charge in [-0.1, -0.05) is 60.7 Å². The van der Waals surface area contributed by atoms with Crippen molar-refractivity contribution in [3.05, 3.63) is 107 Å². The number of aromatic amines is 1. The zero-order valence-corrected chi connectivity index (χ0v) is 16.9. The minimum absolute atomic E-state index is 0.0306. The average molecular weight is 407 g/mol. The predicted octanol–water partition coefficient (Wildman–Crippen LogP) is 4.80. The molecule has 0 spiro atoms. The van der Waals surface area contributed by atoms with Gasteiger partial charge in [-0.15, -0.1) is 0 Å². The highest BCUT2D eigenvalue weighted by Gasteiger charge is 2.31. The van der Waals surface area contributed by atoms with Crippen molar-refractivity contribution in [2.24, 2.45) is 0 Å². The number of hydrogen-bond acceptors (Lipinski definition) is 3. The van der Waals surface area contributed by atoms with E-state index < -0.39 is 0 Å². The molecule has 0 radical (unpaired) electrons. The summed E-state index contributed by atoms with van der Waals surface area (Å²) in [5.41, 5.74) is 4.92. The topological polar surface area (TPSA) is 69.1 Å². The number of nitrogens with zero attached hydrogens (tertiary/aromatic N) is 2. The number of amides is 1. The molecule has 0 saturated carbocycles. The Morgan fingerprint density at radius 2 is 1.74 bits per heavy atom. The highest BCUT2D eigenvalue weighted by atomic mass is 16.5. The van der Waals surface area contributed by atoms with Crippen LogP contribution in [0.5, 0.6) is 0 Å². The maximum absolute atomic E-state index is 13.6. The molecule has 3 aromatic carbocycles. The lowest BCUT2D eigenvalue weighted by molar-refractivity contribution is 0.0401. The molecular weight excluding hydrogens is 386 g/mol. The molecule has 1 aliphatic heterocycles. The van der Waals surface area contributed by atoms with E-state index in [1.165, 1.54) is 0 Å². The highest BCUT2D eigenvalue weighted by Crippen LogP contribution is 2.36. The maximum Gasteiger partial charge on any atom is 0.271 e. The number of H-pyrrole nitrogens is 1. The lowest BCUT2D eigenvalue weighted by atomic mass is 9.96. The SMILES string of the molecule is N#Cc1ccc([C@H]2OCCN(Cc3ccccc3)C(=O)c3[nH]c4ccccc4c32)cc1. The summed E-state index contributed by atoms with van der Waals surface area (Å²) < 4.78 is 6.35. The summed E-state index contributed by atoms with van der Waals surface area (Å²) in [4.78, 5) is 18.8. The average Bonchev–Trinajstić information content (AvgIpc) is 3.19. The van der Waals surface area contributed by atoms with Gasteiger partial charge in [-0.25, -0.2) is 0 Å². The second kappa shape index (κ2) is 8.10. The maximum atomic E-state index is 13.6. The number of rotatable bonds is 3. The first kappa shape index (κ1) is 19.1. The van der Waals surface area contributed by atoms with Gasteiger partial charge in [-0.3, -0.25) is 4.79 Å². The molecule has 31 heavy (non-hydrogen) atoms. The summed E-state index contributed by atoms with van der Waals surface area (Å²) in [7, 11) is 0. The normalized spacial score (nSPS) is 16.4. The number of para-hydroxylation sites is 1. The van der Waals surface area contributed by atoms with Gasteiger partial charge >= 0.3 is 0 Å². The molecule has 0 aliphatic carbocycles. The van der Waals surface area contributed by atoms with E-state index >= 15 is 0 Å². The number of hydrogen-bond donors (Lipinski definition) is 1. The Kier molecular flexibility index (Phi) is 4.99. The number of fused-ring (bicyclic) bond motifs is 3. The summed E-state index contributed by atoms with van der Waals surface area (Å²) in [6.45, 7) is 1.44. The highest BCUT2D eigenvalue weighted by molar-refractivity contribution is 6.01. The van der Waals surface area contributed by atoms with Gasteiger partial charge in [0.25, 0.3) is 5.91 Å². The number of carbonyl (C=O) groups excluding carboxylic acids is 1. The molecule has 4 aromatic rings. The second-order valence-electron chi connectivity index (χ2n) is 7.66. The van der Waals surface area contributed by atoms with Crippen LogP contribution in [0, 0.1) is 11.3 Å². The molecule has 1 N–H and O–H groups in total. The molecule has 1 aromatic heterocycles. The van der Waals surface area contributed by atoms with Crippen LogP contribution in [0.25, 0.3) is 10.9 Å². The zero-order chi connectivity index (χ0) is 21.2. The van der Waals surface area contributed by atoms with Crippen molar-refractivity contribution in [2.45, 2.75) is 12.6 Å². The monoisotopic (exact) mass is 407 g/mol. The predicted molar refractivity (Wildman–Crippen MR) is 118 cm³/mol. The number of ether oxygens (including phenoxy) is 1. The lowest BCUT2D eigenvalue weighted by Crippen LogP contribution is -2.36. The zero-order valence-electron chi connectivity index (χ0n) is 16.9. The van der Waals surface area contributed by atoms with Crippen molar-refractivity contribution in [3.63, 3.8) is 0 Å². The molecule has 0 bridgehead atoms. The van der Waals surface area contributed by atoms with Gasteiger partial charge in [-0.2, -0.15) is 5.26 Å². The fraction of sp³-hybridized carbons (Fsp3) is 0.154. The number of benzene rings is 3. The van der Waals surface area contributed by atoms with Crippen molar-refractivity contribution in [1.82, 2.24) is 9.88 Å². The van der Waals surface area contributed by atoms with E-state index in [0.717, 1.165) is 27.6 Å². The Bertz CT molecular complexity index is 1270. The van der Waals surface area contributed by atoms with E-state index in [0.29, 0.717) is 31.0 Å². The smallest absolute Gasteiger partial charge is 0.271 e. The molecule has 5 rings (SSSR count). The number of carbonyl (C=O) groups is 1. The molecule has 5 heteroatoms. The molecule has 1 atom stereocenters. The lowest BCUT2D eigenvalue weighted by Gasteiger charge is -2.29. The van der Waals surface area contributed by atoms with Crippen molar-refractivity contribution in [3.8, 4) is 6.07 Å². The second-order valence-corrected chi connectivity index (χ2v) is 7.66. The largest absolute Gasteiger partial charge is 0.367 e. The van der Waals surface area contributed by atoms with Crippen LogP contribution in [-0.2, 0) is 11.3 Å². The fourth-order valence-corrected chi connectivity index (χ4v) is 4.18. The minimum Gasteiger partial charge on any atom is -0.367 e. The third kappa shape index (κ3) is 3.58. The van der Waals surface area contributed by atoms with Crippen LogP contribution in [0.3, 0.4) is 0 Å². The minimum atomic E-state index is -0.387. The Balaban J connectivity index is 1.61. The Labute approximate surface area is 180 Å². The van der Waals surface area contributed by atoms with Crippen LogP contribution in [0.2, 0.25) is 0 Å². The molecule has 0 fully saturated rings. The summed E-state index contributed by atoms with van der Waals surface area (Å²) in [5, 5.41) is 10.1. The van der Waals surface area contributed by atoms with Crippen LogP contribution in [0.1, 0.15) is 38.8 Å². The van der Waals surface area contributed by atoms with E-state index in [4.69, 9.17) is 10.00 Å². The fourth-order valence-electron chi connectivity index (χ4n) is 4.18. The Morgan fingerprint density at radius 1 is 1.00 bits per heavy atom. The first-order valence-electron chi connectivity index (χ1n) is 10.3. The van der Waals surface area contributed by atoms with Gasteiger partial charge in [0.2, 0.25) is 0 Å². The van der Waals surface area contributed by atoms with Crippen molar-refractivity contribution >= 4 is 16.8 Å². The molecule has 0 unspecified atom stereocenters. The van der Waals surface area contributed by atoms with Crippen molar-refractivity contribution in [1.29, 1.82) is 5.26 Å². The molecular formula is C26H21N3O2. The number of aromatic nitrogens is 1. The number of nitriles is 1. The third-order valence-corrected chi connectivity index (χ3v) is 5.71. The molecule has 152 valence electrons. The standard InChI is InChI=1S/C26H21N3O2/c27-16-18-10-12-20(13-11-18)25-23-21-8-4-5-9-22(21)28-24(23)26(30)29(14-15-31-25)17-19-6-2-1-3-7-19/h1-13,25,28H,14-15,17H2/t25-/m1/s1. The first-order chi connectivity index (χ1) is 15.2. The van der Waals surface area contributed by atoms with Gasteiger partial charge in [-0.05, 0) is 29.3 Å². The van der Waals surface area contributed by atoms with E-state index in [1.54, 1.807) is 12.1 Å². The van der Waals surface area contributed by atoms with Crippen LogP contribution in [-0.4, -0.2) is 28.9 Å².